The van der Waals surface area contributed by atoms with Crippen molar-refractivity contribution in [3.05, 3.63) is 22.8 Å². The SMILES string of the molecule is O=S([O-])c1cccc(Br)n1.[Na+]. The molecule has 0 radical (unpaired) electrons. The molecule has 0 amide bonds. The Labute approximate surface area is 97.3 Å². The third-order valence-electron chi connectivity index (χ3n) is 0.860. The number of aromatic nitrogens is 1. The smallest absolute Gasteiger partial charge is 0.767 e. The van der Waals surface area contributed by atoms with Crippen molar-refractivity contribution >= 4 is 27.0 Å². The molecule has 0 aliphatic rings. The first-order chi connectivity index (χ1) is 4.70. The third-order valence-corrected chi connectivity index (χ3v) is 1.87. The number of hydrogen-bond acceptors (Lipinski definition) is 3. The molecular weight excluding hydrogens is 241 g/mol. The molecule has 1 atom stereocenters. The third kappa shape index (κ3) is 3.78. The first-order valence-electron chi connectivity index (χ1n) is 2.42. The average molecular weight is 244 g/mol. The van der Waals surface area contributed by atoms with Crippen LogP contribution in [0.2, 0.25) is 0 Å². The maximum absolute atomic E-state index is 10.3. The Hall–Kier alpha value is 0.740. The predicted molar refractivity (Wildman–Crippen MR) is 39.1 cm³/mol. The summed E-state index contributed by atoms with van der Waals surface area (Å²) in [5, 5.41) is 0.0503. The number of rotatable bonds is 1. The van der Waals surface area contributed by atoms with E-state index in [4.69, 9.17) is 0 Å². The van der Waals surface area contributed by atoms with Gasteiger partial charge in [-0.25, -0.2) is 4.98 Å². The predicted octanol–water partition coefficient (Wildman–Crippen LogP) is -1.91. The van der Waals surface area contributed by atoms with Gasteiger partial charge in [0.2, 0.25) is 0 Å². The van der Waals surface area contributed by atoms with E-state index in [2.05, 4.69) is 20.9 Å². The van der Waals surface area contributed by atoms with Crippen LogP contribution in [0.25, 0.3) is 0 Å². The van der Waals surface area contributed by atoms with E-state index in [1.807, 2.05) is 0 Å². The van der Waals surface area contributed by atoms with Crippen molar-refractivity contribution in [3.63, 3.8) is 0 Å². The first kappa shape index (κ1) is 11.7. The summed E-state index contributed by atoms with van der Waals surface area (Å²) in [6.07, 6.45) is 0. The van der Waals surface area contributed by atoms with Crippen LogP contribution in [0, 0.1) is 0 Å². The molecule has 3 nitrogen and oxygen atoms in total. The molecule has 0 aromatic carbocycles. The molecule has 0 aliphatic carbocycles. The summed E-state index contributed by atoms with van der Waals surface area (Å²) < 4.78 is 21.1. The summed E-state index contributed by atoms with van der Waals surface area (Å²) in [6.45, 7) is 0. The van der Waals surface area contributed by atoms with Crippen LogP contribution in [0.4, 0.5) is 0 Å². The van der Waals surface area contributed by atoms with E-state index in [0.717, 1.165) is 0 Å². The van der Waals surface area contributed by atoms with Gasteiger partial charge >= 0.3 is 29.6 Å². The Balaban J connectivity index is 0.000001000. The number of pyridine rings is 1. The van der Waals surface area contributed by atoms with Crippen molar-refractivity contribution in [1.82, 2.24) is 4.98 Å². The van der Waals surface area contributed by atoms with E-state index in [1.54, 1.807) is 12.1 Å². The van der Waals surface area contributed by atoms with E-state index >= 15 is 0 Å². The molecule has 1 aromatic rings. The minimum Gasteiger partial charge on any atom is -0.767 e. The Morgan fingerprint density at radius 3 is 2.55 bits per heavy atom. The van der Waals surface area contributed by atoms with Gasteiger partial charge in [-0.2, -0.15) is 0 Å². The molecule has 54 valence electrons. The van der Waals surface area contributed by atoms with Crippen molar-refractivity contribution in [2.75, 3.05) is 0 Å². The van der Waals surface area contributed by atoms with Gasteiger partial charge in [0.25, 0.3) is 0 Å². The average Bonchev–Trinajstić information content (AvgIpc) is 1.88. The summed E-state index contributed by atoms with van der Waals surface area (Å²) in [5.74, 6) is 0. The summed E-state index contributed by atoms with van der Waals surface area (Å²) in [7, 11) is 0. The van der Waals surface area contributed by atoms with Gasteiger partial charge in [-0.05, 0) is 39.1 Å². The normalized spacial score (nSPS) is 11.8. The van der Waals surface area contributed by atoms with Gasteiger partial charge in [-0.15, -0.1) is 0 Å². The fourth-order valence-electron chi connectivity index (χ4n) is 0.482. The summed E-state index contributed by atoms with van der Waals surface area (Å²) in [4.78, 5) is 3.68. The zero-order chi connectivity index (χ0) is 7.56. The number of halogens is 1. The van der Waals surface area contributed by atoms with Crippen LogP contribution < -0.4 is 29.6 Å². The molecule has 0 saturated heterocycles. The largest absolute Gasteiger partial charge is 1.00 e. The van der Waals surface area contributed by atoms with E-state index in [9.17, 15) is 8.76 Å². The molecule has 0 N–H and O–H groups in total. The van der Waals surface area contributed by atoms with E-state index in [1.165, 1.54) is 6.07 Å². The van der Waals surface area contributed by atoms with Crippen molar-refractivity contribution in [1.29, 1.82) is 0 Å². The van der Waals surface area contributed by atoms with Crippen LogP contribution in [0.3, 0.4) is 0 Å². The molecule has 1 heterocycles. The van der Waals surface area contributed by atoms with Crippen LogP contribution in [0.1, 0.15) is 0 Å². The fourth-order valence-corrected chi connectivity index (χ4v) is 1.31. The topological polar surface area (TPSA) is 53.0 Å². The number of hydrogen-bond donors (Lipinski definition) is 0. The van der Waals surface area contributed by atoms with Gasteiger partial charge in [0.05, 0.1) is 0 Å². The van der Waals surface area contributed by atoms with Crippen LogP contribution in [0.5, 0.6) is 0 Å². The zero-order valence-electron chi connectivity index (χ0n) is 5.78. The number of nitrogens with zero attached hydrogens (tertiary/aromatic N) is 1. The van der Waals surface area contributed by atoms with Gasteiger partial charge < -0.3 is 4.55 Å². The molecule has 6 heteroatoms. The minimum atomic E-state index is -2.23. The minimum absolute atomic E-state index is 0. The zero-order valence-corrected chi connectivity index (χ0v) is 10.2. The maximum Gasteiger partial charge on any atom is 1.00 e. The molecule has 0 saturated carbocycles. The molecule has 1 rings (SSSR count). The van der Waals surface area contributed by atoms with E-state index in [-0.39, 0.29) is 34.6 Å². The van der Waals surface area contributed by atoms with E-state index in [0.29, 0.717) is 4.60 Å². The molecule has 0 fully saturated rings. The van der Waals surface area contributed by atoms with Crippen molar-refractivity contribution in [3.8, 4) is 0 Å². The van der Waals surface area contributed by atoms with Crippen molar-refractivity contribution < 1.29 is 38.3 Å². The van der Waals surface area contributed by atoms with Gasteiger partial charge in [0.1, 0.15) is 9.63 Å². The molecule has 11 heavy (non-hydrogen) atoms. The quantitative estimate of drug-likeness (QED) is 0.329. The maximum atomic E-state index is 10.3. The molecule has 0 spiro atoms. The van der Waals surface area contributed by atoms with Crippen LogP contribution in [0.15, 0.2) is 27.8 Å². The van der Waals surface area contributed by atoms with Gasteiger partial charge in [0, 0.05) is 0 Å². The monoisotopic (exact) mass is 243 g/mol. The second-order valence-electron chi connectivity index (χ2n) is 1.53. The van der Waals surface area contributed by atoms with Crippen molar-refractivity contribution in [2.45, 2.75) is 5.03 Å². The van der Waals surface area contributed by atoms with Crippen LogP contribution in [-0.2, 0) is 11.1 Å². The standard InChI is InChI=1S/C5H4BrNO2S.Na/c6-4-2-1-3-5(7-4)10(8)9;/h1-3H,(H,8,9);/q;+1/p-1. The molecule has 1 aromatic heterocycles. The Kier molecular flexibility index (Phi) is 5.76. The Bertz CT molecular complexity index is 270. The summed E-state index contributed by atoms with van der Waals surface area (Å²) in [6, 6.07) is 4.70. The Morgan fingerprint density at radius 2 is 2.18 bits per heavy atom. The van der Waals surface area contributed by atoms with Crippen LogP contribution in [-0.4, -0.2) is 13.7 Å². The molecular formula is C5H3BrNNaO2S. The summed E-state index contributed by atoms with van der Waals surface area (Å²) >= 11 is 0.816. The molecule has 0 aliphatic heterocycles. The Morgan fingerprint density at radius 1 is 1.55 bits per heavy atom. The second kappa shape index (κ2) is 5.40. The fraction of sp³-hybridized carbons (Fsp3) is 0. The second-order valence-corrected chi connectivity index (χ2v) is 3.23. The first-order valence-corrected chi connectivity index (χ1v) is 4.29. The van der Waals surface area contributed by atoms with Gasteiger partial charge in [0.15, 0.2) is 0 Å². The van der Waals surface area contributed by atoms with Gasteiger partial charge in [-0.3, -0.25) is 4.21 Å². The molecule has 1 unspecified atom stereocenters. The molecule has 0 bridgehead atoms. The van der Waals surface area contributed by atoms with Gasteiger partial charge in [-0.1, -0.05) is 6.07 Å². The summed E-state index contributed by atoms with van der Waals surface area (Å²) in [5.41, 5.74) is 0. The van der Waals surface area contributed by atoms with Crippen LogP contribution >= 0.6 is 15.9 Å². The van der Waals surface area contributed by atoms with Crippen molar-refractivity contribution in [2.24, 2.45) is 0 Å². The van der Waals surface area contributed by atoms with E-state index < -0.39 is 11.1 Å².